The maximum Gasteiger partial charge on any atom is 0.358 e. The normalized spacial score (nSPS) is 10.4. The van der Waals surface area contributed by atoms with E-state index in [1.54, 1.807) is 44.2 Å². The van der Waals surface area contributed by atoms with Crippen LogP contribution in [-0.4, -0.2) is 41.6 Å². The van der Waals surface area contributed by atoms with Crippen molar-refractivity contribution >= 4 is 5.97 Å². The molecule has 3 rings (SSSR count). The third kappa shape index (κ3) is 3.51. The molecule has 0 aliphatic carbocycles. The van der Waals surface area contributed by atoms with Crippen LogP contribution in [0.15, 0.2) is 48.7 Å². The Balaban J connectivity index is 2.12. The summed E-state index contributed by atoms with van der Waals surface area (Å²) in [5.41, 5.74) is 2.49. The van der Waals surface area contributed by atoms with Gasteiger partial charge >= 0.3 is 5.97 Å². The Labute approximate surface area is 151 Å². The van der Waals surface area contributed by atoms with Crippen molar-refractivity contribution in [3.8, 4) is 28.6 Å². The highest BCUT2D eigenvalue weighted by atomic mass is 16.5. The Kier molecular flexibility index (Phi) is 5.17. The van der Waals surface area contributed by atoms with Crippen LogP contribution in [0.2, 0.25) is 0 Å². The Hall–Kier alpha value is -3.35. The highest BCUT2D eigenvalue weighted by molar-refractivity contribution is 5.89. The number of carbonyl (C=O) groups excluding carboxylic acids is 1. The molecule has 0 bridgehead atoms. The molecule has 0 radical (unpaired) electrons. The van der Waals surface area contributed by atoms with Gasteiger partial charge in [0.25, 0.3) is 0 Å². The Morgan fingerprint density at radius 2 is 1.96 bits per heavy atom. The van der Waals surface area contributed by atoms with Crippen LogP contribution < -0.4 is 9.47 Å². The van der Waals surface area contributed by atoms with Crippen molar-refractivity contribution in [3.63, 3.8) is 0 Å². The number of esters is 1. The first kappa shape index (κ1) is 17.5. The maximum absolute atomic E-state index is 12.1. The minimum absolute atomic E-state index is 0.223. The number of ether oxygens (including phenoxy) is 3. The van der Waals surface area contributed by atoms with Crippen molar-refractivity contribution in [2.24, 2.45) is 0 Å². The second kappa shape index (κ2) is 7.69. The van der Waals surface area contributed by atoms with Crippen molar-refractivity contribution in [1.82, 2.24) is 14.8 Å². The van der Waals surface area contributed by atoms with Crippen LogP contribution >= 0.6 is 0 Å². The largest absolute Gasteiger partial charge is 0.497 e. The summed E-state index contributed by atoms with van der Waals surface area (Å²) in [6.07, 6.45) is 1.63. The predicted octanol–water partition coefficient (Wildman–Crippen LogP) is 3.13. The zero-order valence-electron chi connectivity index (χ0n) is 14.8. The predicted molar refractivity (Wildman–Crippen MR) is 95.9 cm³/mol. The quantitative estimate of drug-likeness (QED) is 0.634. The number of rotatable bonds is 6. The standard InChI is InChI=1S/C19H19N3O4/c1-4-26-19(23)16-11-17(13-6-5-7-15(10-13)24-2)22(21-16)14-8-9-18(25-3)20-12-14/h5-12H,4H2,1-3H3. The smallest absolute Gasteiger partial charge is 0.358 e. The second-order valence-corrected chi connectivity index (χ2v) is 5.34. The van der Waals surface area contributed by atoms with Crippen LogP contribution in [0.5, 0.6) is 11.6 Å². The number of nitrogens with zero attached hydrogens (tertiary/aromatic N) is 3. The van der Waals surface area contributed by atoms with Gasteiger partial charge in [-0.1, -0.05) is 12.1 Å². The lowest BCUT2D eigenvalue weighted by atomic mass is 10.1. The van der Waals surface area contributed by atoms with Crippen LogP contribution in [0.25, 0.3) is 16.9 Å². The summed E-state index contributed by atoms with van der Waals surface area (Å²) in [7, 11) is 3.16. The van der Waals surface area contributed by atoms with Crippen molar-refractivity contribution in [1.29, 1.82) is 0 Å². The van der Waals surface area contributed by atoms with E-state index in [1.165, 1.54) is 0 Å². The molecule has 7 nitrogen and oxygen atoms in total. The first-order chi connectivity index (χ1) is 12.7. The summed E-state index contributed by atoms with van der Waals surface area (Å²) in [5, 5.41) is 4.41. The Bertz CT molecular complexity index is 903. The van der Waals surface area contributed by atoms with Crippen molar-refractivity contribution in [3.05, 3.63) is 54.4 Å². The number of methoxy groups -OCH3 is 2. The summed E-state index contributed by atoms with van der Waals surface area (Å²) in [5.74, 6) is 0.729. The van der Waals surface area contributed by atoms with Crippen LogP contribution in [0.4, 0.5) is 0 Å². The van der Waals surface area contributed by atoms with E-state index in [1.807, 2.05) is 30.3 Å². The zero-order chi connectivity index (χ0) is 18.5. The molecule has 0 saturated heterocycles. The fourth-order valence-corrected chi connectivity index (χ4v) is 2.49. The van der Waals surface area contributed by atoms with Gasteiger partial charge in [-0.3, -0.25) is 0 Å². The lowest BCUT2D eigenvalue weighted by Crippen LogP contribution is -2.07. The third-order valence-electron chi connectivity index (χ3n) is 3.73. The van der Waals surface area contributed by atoms with Gasteiger partial charge in [0.15, 0.2) is 5.69 Å². The molecular weight excluding hydrogens is 334 g/mol. The van der Waals surface area contributed by atoms with E-state index >= 15 is 0 Å². The average Bonchev–Trinajstić information content (AvgIpc) is 3.14. The molecule has 0 unspecified atom stereocenters. The molecule has 0 aliphatic heterocycles. The zero-order valence-corrected chi connectivity index (χ0v) is 14.8. The monoisotopic (exact) mass is 353 g/mol. The fourth-order valence-electron chi connectivity index (χ4n) is 2.49. The Morgan fingerprint density at radius 1 is 1.12 bits per heavy atom. The maximum atomic E-state index is 12.1. The van der Waals surface area contributed by atoms with Crippen molar-refractivity contribution < 1.29 is 19.0 Å². The van der Waals surface area contributed by atoms with Crippen LogP contribution in [0, 0.1) is 0 Å². The molecule has 2 aromatic heterocycles. The molecule has 2 heterocycles. The summed E-state index contributed by atoms with van der Waals surface area (Å²) in [6, 6.07) is 12.8. The SMILES string of the molecule is CCOC(=O)c1cc(-c2cccc(OC)c2)n(-c2ccc(OC)nc2)n1. The highest BCUT2D eigenvalue weighted by Gasteiger charge is 2.18. The number of aromatic nitrogens is 3. The van der Waals surface area contributed by atoms with E-state index in [-0.39, 0.29) is 12.3 Å². The minimum atomic E-state index is -0.475. The molecule has 0 spiro atoms. The lowest BCUT2D eigenvalue weighted by Gasteiger charge is -2.09. The number of hydrogen-bond acceptors (Lipinski definition) is 6. The van der Waals surface area contributed by atoms with E-state index in [0.717, 1.165) is 11.3 Å². The van der Waals surface area contributed by atoms with Crippen LogP contribution in [0.3, 0.4) is 0 Å². The van der Waals surface area contributed by atoms with E-state index in [0.29, 0.717) is 17.3 Å². The molecule has 0 amide bonds. The molecule has 134 valence electrons. The average molecular weight is 353 g/mol. The highest BCUT2D eigenvalue weighted by Crippen LogP contribution is 2.27. The summed E-state index contributed by atoms with van der Waals surface area (Å²) in [6.45, 7) is 2.04. The van der Waals surface area contributed by atoms with Gasteiger partial charge < -0.3 is 14.2 Å². The number of pyridine rings is 1. The van der Waals surface area contributed by atoms with Gasteiger partial charge in [-0.15, -0.1) is 0 Å². The van der Waals surface area contributed by atoms with E-state index in [2.05, 4.69) is 10.1 Å². The van der Waals surface area contributed by atoms with Gasteiger partial charge in [0, 0.05) is 11.6 Å². The minimum Gasteiger partial charge on any atom is -0.497 e. The topological polar surface area (TPSA) is 75.5 Å². The first-order valence-electron chi connectivity index (χ1n) is 8.08. The number of carbonyl (C=O) groups is 1. The first-order valence-corrected chi connectivity index (χ1v) is 8.08. The van der Waals surface area contributed by atoms with Gasteiger partial charge in [-0.2, -0.15) is 5.10 Å². The molecular formula is C19H19N3O4. The van der Waals surface area contributed by atoms with Crippen molar-refractivity contribution in [2.75, 3.05) is 20.8 Å². The van der Waals surface area contributed by atoms with E-state index < -0.39 is 5.97 Å². The lowest BCUT2D eigenvalue weighted by molar-refractivity contribution is 0.0519. The van der Waals surface area contributed by atoms with Gasteiger partial charge in [0.05, 0.1) is 38.4 Å². The molecule has 1 aromatic carbocycles. The summed E-state index contributed by atoms with van der Waals surface area (Å²) < 4.78 is 17.1. The molecule has 7 heteroatoms. The molecule has 0 atom stereocenters. The Morgan fingerprint density at radius 3 is 2.62 bits per heavy atom. The summed E-state index contributed by atoms with van der Waals surface area (Å²) >= 11 is 0. The molecule has 0 saturated carbocycles. The molecule has 3 aromatic rings. The van der Waals surface area contributed by atoms with Gasteiger partial charge in [0.2, 0.25) is 5.88 Å². The summed E-state index contributed by atoms with van der Waals surface area (Å²) in [4.78, 5) is 16.3. The van der Waals surface area contributed by atoms with Gasteiger partial charge in [-0.25, -0.2) is 14.5 Å². The van der Waals surface area contributed by atoms with Gasteiger partial charge in [0.1, 0.15) is 5.75 Å². The molecule has 0 aliphatic rings. The number of benzene rings is 1. The second-order valence-electron chi connectivity index (χ2n) is 5.34. The molecule has 26 heavy (non-hydrogen) atoms. The van der Waals surface area contributed by atoms with E-state index in [4.69, 9.17) is 14.2 Å². The van der Waals surface area contributed by atoms with Crippen LogP contribution in [0.1, 0.15) is 17.4 Å². The van der Waals surface area contributed by atoms with E-state index in [9.17, 15) is 4.79 Å². The fraction of sp³-hybridized carbons (Fsp3) is 0.211. The van der Waals surface area contributed by atoms with Crippen molar-refractivity contribution in [2.45, 2.75) is 6.92 Å². The van der Waals surface area contributed by atoms with Gasteiger partial charge in [-0.05, 0) is 31.2 Å². The third-order valence-corrected chi connectivity index (χ3v) is 3.73. The van der Waals surface area contributed by atoms with Crippen LogP contribution in [-0.2, 0) is 4.74 Å². The molecule has 0 N–H and O–H groups in total. The number of hydrogen-bond donors (Lipinski definition) is 0. The molecule has 0 fully saturated rings.